The van der Waals surface area contributed by atoms with E-state index in [2.05, 4.69) is 25.4 Å². The molecule has 1 N–H and O–H groups in total. The van der Waals surface area contributed by atoms with Crippen LogP contribution in [0.3, 0.4) is 0 Å². The van der Waals surface area contributed by atoms with E-state index < -0.39 is 11.5 Å². The predicted molar refractivity (Wildman–Crippen MR) is 99.9 cm³/mol. The second kappa shape index (κ2) is 6.66. The number of aliphatic hydroxyl groups is 1. The summed E-state index contributed by atoms with van der Waals surface area (Å²) in [5.41, 5.74) is 0.820. The van der Waals surface area contributed by atoms with E-state index in [1.54, 1.807) is 36.7 Å². The number of nitrogens with zero attached hydrogens (tertiary/aromatic N) is 6. The Hall–Kier alpha value is -3.27. The minimum absolute atomic E-state index is 0.0234. The van der Waals surface area contributed by atoms with Crippen LogP contribution >= 0.6 is 0 Å². The van der Waals surface area contributed by atoms with Crippen LogP contribution in [0.4, 0.5) is 8.78 Å². The molecule has 0 amide bonds. The second-order valence-corrected chi connectivity index (χ2v) is 7.50. The monoisotopic (exact) mass is 400 g/mol. The van der Waals surface area contributed by atoms with E-state index in [9.17, 15) is 13.9 Å². The zero-order valence-electron chi connectivity index (χ0n) is 16.0. The summed E-state index contributed by atoms with van der Waals surface area (Å²) in [5.74, 6) is -2.89. The van der Waals surface area contributed by atoms with Gasteiger partial charge in [-0.05, 0) is 38.1 Å². The molecule has 0 aliphatic rings. The van der Waals surface area contributed by atoms with Crippen molar-refractivity contribution < 1.29 is 18.4 Å². The van der Waals surface area contributed by atoms with Gasteiger partial charge in [0.05, 0.1) is 28.8 Å². The number of benzene rings is 1. The van der Waals surface area contributed by atoms with Gasteiger partial charge < -0.3 is 9.63 Å². The van der Waals surface area contributed by atoms with Crippen LogP contribution in [0.15, 0.2) is 41.2 Å². The van der Waals surface area contributed by atoms with Crippen molar-refractivity contribution in [2.75, 3.05) is 0 Å². The highest BCUT2D eigenvalue weighted by molar-refractivity contribution is 5.80. The molecule has 0 unspecified atom stereocenters. The highest BCUT2D eigenvalue weighted by atomic mass is 19.3. The first-order valence-electron chi connectivity index (χ1n) is 8.84. The predicted octanol–water partition coefficient (Wildman–Crippen LogP) is 3.43. The lowest BCUT2D eigenvalue weighted by atomic mass is 10.1. The van der Waals surface area contributed by atoms with Crippen molar-refractivity contribution in [2.24, 2.45) is 0 Å². The van der Waals surface area contributed by atoms with Crippen molar-refractivity contribution in [3.8, 4) is 22.8 Å². The van der Waals surface area contributed by atoms with E-state index in [0.29, 0.717) is 11.1 Å². The van der Waals surface area contributed by atoms with Crippen LogP contribution in [0.1, 0.15) is 26.3 Å². The normalized spacial score (nSPS) is 12.6. The second-order valence-electron chi connectivity index (χ2n) is 7.50. The number of halogens is 2. The molecule has 4 rings (SSSR count). The van der Waals surface area contributed by atoms with E-state index in [4.69, 9.17) is 4.52 Å². The molecule has 10 heteroatoms. The third-order valence-electron chi connectivity index (χ3n) is 4.26. The molecule has 0 bridgehead atoms. The van der Waals surface area contributed by atoms with Crippen molar-refractivity contribution in [1.29, 1.82) is 0 Å². The summed E-state index contributed by atoms with van der Waals surface area (Å²) >= 11 is 0. The van der Waals surface area contributed by atoms with Gasteiger partial charge in [0.1, 0.15) is 5.52 Å². The van der Waals surface area contributed by atoms with Crippen LogP contribution in [0, 0.1) is 0 Å². The summed E-state index contributed by atoms with van der Waals surface area (Å²) in [6, 6.07) is 6.67. The number of aromatic nitrogens is 6. The zero-order chi connectivity index (χ0) is 20.8. The quantitative estimate of drug-likeness (QED) is 0.547. The molecule has 0 atom stereocenters. The Morgan fingerprint density at radius 2 is 1.97 bits per heavy atom. The minimum Gasteiger partial charge on any atom is -0.389 e. The molecule has 150 valence electrons. The highest BCUT2D eigenvalue weighted by Gasteiger charge is 2.30. The molecular weight excluding hydrogens is 382 g/mol. The lowest BCUT2D eigenvalue weighted by molar-refractivity contribution is 0.0175. The number of pyridine rings is 1. The average molecular weight is 400 g/mol. The van der Waals surface area contributed by atoms with Gasteiger partial charge in [0.15, 0.2) is 0 Å². The third-order valence-corrected chi connectivity index (χ3v) is 4.26. The molecule has 0 radical (unpaired) electrons. The number of hydrogen-bond donors (Lipinski definition) is 1. The van der Waals surface area contributed by atoms with Gasteiger partial charge in [0.25, 0.3) is 11.8 Å². The maximum atomic E-state index is 13.9. The lowest BCUT2D eigenvalue weighted by Gasteiger charge is -2.16. The Labute approximate surface area is 164 Å². The van der Waals surface area contributed by atoms with E-state index in [-0.39, 0.29) is 29.4 Å². The number of rotatable bonds is 5. The number of hydrogen-bond acceptors (Lipinski definition) is 7. The van der Waals surface area contributed by atoms with Crippen LogP contribution in [0.25, 0.3) is 33.9 Å². The van der Waals surface area contributed by atoms with Crippen LogP contribution in [-0.4, -0.2) is 40.8 Å². The van der Waals surface area contributed by atoms with Gasteiger partial charge in [0, 0.05) is 24.9 Å². The van der Waals surface area contributed by atoms with E-state index in [1.165, 1.54) is 12.3 Å². The Morgan fingerprint density at radius 3 is 2.69 bits per heavy atom. The Bertz CT molecular complexity index is 1170. The SMILES string of the molecule is CC(C)(O)Cn1nnc2cc(-c3noc(-c4ccncc4C(C)(F)F)n3)ccc21. The van der Waals surface area contributed by atoms with Crippen LogP contribution in [0.5, 0.6) is 0 Å². The largest absolute Gasteiger partial charge is 0.389 e. The molecule has 0 aliphatic heterocycles. The smallest absolute Gasteiger partial charge is 0.272 e. The molecule has 0 fully saturated rings. The van der Waals surface area contributed by atoms with Crippen molar-refractivity contribution in [1.82, 2.24) is 30.1 Å². The van der Waals surface area contributed by atoms with Crippen molar-refractivity contribution in [2.45, 2.75) is 38.8 Å². The summed E-state index contributed by atoms with van der Waals surface area (Å²) < 4.78 is 34.6. The van der Waals surface area contributed by atoms with Gasteiger partial charge in [-0.3, -0.25) is 4.98 Å². The average Bonchev–Trinajstić information content (AvgIpc) is 3.27. The number of fused-ring (bicyclic) bond motifs is 1. The molecule has 1 aromatic carbocycles. The fourth-order valence-electron chi connectivity index (χ4n) is 2.98. The lowest BCUT2D eigenvalue weighted by Crippen LogP contribution is -2.26. The van der Waals surface area contributed by atoms with Crippen LogP contribution < -0.4 is 0 Å². The Morgan fingerprint density at radius 1 is 1.17 bits per heavy atom. The van der Waals surface area contributed by atoms with Crippen LogP contribution in [0.2, 0.25) is 0 Å². The Kier molecular flexibility index (Phi) is 4.38. The summed E-state index contributed by atoms with van der Waals surface area (Å²) in [6.07, 6.45) is 2.48. The summed E-state index contributed by atoms with van der Waals surface area (Å²) in [5, 5.41) is 22.1. The van der Waals surface area contributed by atoms with E-state index in [1.807, 2.05) is 0 Å². The maximum absolute atomic E-state index is 13.9. The summed E-state index contributed by atoms with van der Waals surface area (Å²) in [7, 11) is 0. The third kappa shape index (κ3) is 3.83. The van der Waals surface area contributed by atoms with Gasteiger partial charge in [0.2, 0.25) is 5.82 Å². The topological polar surface area (TPSA) is 103 Å². The molecule has 0 spiro atoms. The van der Waals surface area contributed by atoms with Crippen molar-refractivity contribution in [3.05, 3.63) is 42.2 Å². The molecule has 0 saturated carbocycles. The van der Waals surface area contributed by atoms with Gasteiger partial charge in [-0.15, -0.1) is 5.10 Å². The first kappa shape index (κ1) is 19.1. The molecule has 29 heavy (non-hydrogen) atoms. The van der Waals surface area contributed by atoms with Gasteiger partial charge in [-0.25, -0.2) is 13.5 Å². The fraction of sp³-hybridized carbons (Fsp3) is 0.316. The molecule has 0 saturated heterocycles. The molecule has 3 heterocycles. The van der Waals surface area contributed by atoms with Gasteiger partial charge in [-0.1, -0.05) is 10.4 Å². The Balaban J connectivity index is 1.70. The standard InChI is InChI=1S/C19H18F2N6O2/c1-18(2,28)10-27-15-5-4-11(8-14(15)24-26-27)16-23-17(29-25-16)12-6-7-22-9-13(12)19(3,20)21/h4-9,28H,10H2,1-3H3. The fourth-order valence-corrected chi connectivity index (χ4v) is 2.98. The first-order chi connectivity index (χ1) is 13.6. The molecule has 8 nitrogen and oxygen atoms in total. The molecule has 3 aromatic heterocycles. The molecule has 0 aliphatic carbocycles. The van der Waals surface area contributed by atoms with E-state index >= 15 is 0 Å². The first-order valence-corrected chi connectivity index (χ1v) is 8.84. The molecular formula is C19H18F2N6O2. The molecule has 4 aromatic rings. The van der Waals surface area contributed by atoms with E-state index in [0.717, 1.165) is 18.6 Å². The zero-order valence-corrected chi connectivity index (χ0v) is 16.0. The minimum atomic E-state index is -3.10. The van der Waals surface area contributed by atoms with Gasteiger partial charge >= 0.3 is 0 Å². The van der Waals surface area contributed by atoms with Gasteiger partial charge in [-0.2, -0.15) is 4.98 Å². The van der Waals surface area contributed by atoms with Crippen molar-refractivity contribution >= 4 is 11.0 Å². The maximum Gasteiger partial charge on any atom is 0.272 e. The van der Waals surface area contributed by atoms with Crippen LogP contribution in [-0.2, 0) is 12.5 Å². The summed E-state index contributed by atoms with van der Waals surface area (Å²) in [4.78, 5) is 8.02. The highest BCUT2D eigenvalue weighted by Crippen LogP contribution is 2.35. The van der Waals surface area contributed by atoms with Crippen molar-refractivity contribution in [3.63, 3.8) is 0 Å². The summed E-state index contributed by atoms with van der Waals surface area (Å²) in [6.45, 7) is 4.44. The number of alkyl halides is 2.